The van der Waals surface area contributed by atoms with Crippen LogP contribution in [0.1, 0.15) is 23.1 Å². The number of anilines is 4. The van der Waals surface area contributed by atoms with Crippen LogP contribution >= 0.6 is 0 Å². The molecule has 0 atom stereocenters. The Morgan fingerprint density at radius 3 is 2.33 bits per heavy atom. The Kier molecular flexibility index (Phi) is 6.69. The number of hydrogen-bond donors (Lipinski definition) is 3. The van der Waals surface area contributed by atoms with Crippen LogP contribution in [-0.4, -0.2) is 36.6 Å². The molecule has 0 spiro atoms. The van der Waals surface area contributed by atoms with E-state index >= 15 is 0 Å². The van der Waals surface area contributed by atoms with Crippen molar-refractivity contribution in [1.29, 1.82) is 0 Å². The first kappa shape index (κ1) is 20.9. The molecule has 3 N–H and O–H groups in total. The van der Waals surface area contributed by atoms with Crippen molar-refractivity contribution in [2.45, 2.75) is 13.8 Å². The first-order chi connectivity index (χ1) is 14.5. The van der Waals surface area contributed by atoms with Crippen LogP contribution in [-0.2, 0) is 0 Å². The maximum absolute atomic E-state index is 12.7. The van der Waals surface area contributed by atoms with Crippen molar-refractivity contribution in [2.24, 2.45) is 0 Å². The summed E-state index contributed by atoms with van der Waals surface area (Å²) in [4.78, 5) is 21.4. The summed E-state index contributed by atoms with van der Waals surface area (Å²) in [5, 5.41) is 9.30. The van der Waals surface area contributed by atoms with Gasteiger partial charge in [-0.25, -0.2) is 9.97 Å². The van der Waals surface area contributed by atoms with E-state index in [1.54, 1.807) is 18.2 Å². The highest BCUT2D eigenvalue weighted by Gasteiger charge is 2.16. The third-order valence-corrected chi connectivity index (χ3v) is 4.26. The first-order valence-corrected chi connectivity index (χ1v) is 9.53. The lowest BCUT2D eigenvalue weighted by Gasteiger charge is -2.13. The average Bonchev–Trinajstić information content (AvgIpc) is 2.74. The number of aryl methyl sites for hydroxylation is 1. The van der Waals surface area contributed by atoms with Crippen LogP contribution in [0.15, 0.2) is 48.5 Å². The molecule has 8 heteroatoms. The van der Waals surface area contributed by atoms with E-state index in [2.05, 4.69) is 25.9 Å². The van der Waals surface area contributed by atoms with Crippen LogP contribution in [0.2, 0.25) is 0 Å². The van der Waals surface area contributed by atoms with Gasteiger partial charge in [0.05, 0.1) is 19.8 Å². The summed E-state index contributed by atoms with van der Waals surface area (Å²) in [5.74, 6) is 2.74. The van der Waals surface area contributed by atoms with Gasteiger partial charge in [0, 0.05) is 24.0 Å². The standard InChI is InChI=1S/C22H25N5O3/c1-5-23-19-13-20(25-14(2)24-19)26-15-9-11-16(12-10-15)27-22(28)17-7-6-8-18(29-3)21(17)30-4/h6-13H,5H2,1-4H3,(H,27,28)(H2,23,24,25,26). The zero-order chi connectivity index (χ0) is 21.5. The highest BCUT2D eigenvalue weighted by atomic mass is 16.5. The number of amides is 1. The number of hydrogen-bond acceptors (Lipinski definition) is 7. The van der Waals surface area contributed by atoms with Crippen molar-refractivity contribution in [1.82, 2.24) is 9.97 Å². The van der Waals surface area contributed by atoms with Crippen LogP contribution in [0, 0.1) is 6.92 Å². The molecular weight excluding hydrogens is 382 g/mol. The molecule has 0 radical (unpaired) electrons. The predicted molar refractivity (Wildman–Crippen MR) is 118 cm³/mol. The molecule has 8 nitrogen and oxygen atoms in total. The Bertz CT molecular complexity index is 1020. The first-order valence-electron chi connectivity index (χ1n) is 9.53. The van der Waals surface area contributed by atoms with Gasteiger partial charge in [0.25, 0.3) is 5.91 Å². The van der Waals surface area contributed by atoms with E-state index in [1.165, 1.54) is 14.2 Å². The second kappa shape index (κ2) is 9.60. The van der Waals surface area contributed by atoms with E-state index < -0.39 is 0 Å². The van der Waals surface area contributed by atoms with Gasteiger partial charge in [0.15, 0.2) is 11.5 Å². The molecule has 0 aliphatic heterocycles. The molecule has 0 fully saturated rings. The number of carbonyl (C=O) groups is 1. The third-order valence-electron chi connectivity index (χ3n) is 4.26. The number of rotatable bonds is 8. The van der Waals surface area contributed by atoms with Crippen molar-refractivity contribution < 1.29 is 14.3 Å². The van der Waals surface area contributed by atoms with E-state index in [0.29, 0.717) is 34.4 Å². The van der Waals surface area contributed by atoms with Gasteiger partial charge in [-0.1, -0.05) is 6.07 Å². The molecule has 2 aromatic carbocycles. The van der Waals surface area contributed by atoms with Gasteiger partial charge in [-0.05, 0) is 50.2 Å². The van der Waals surface area contributed by atoms with E-state index in [4.69, 9.17) is 9.47 Å². The second-order valence-electron chi connectivity index (χ2n) is 6.41. The van der Waals surface area contributed by atoms with E-state index in [-0.39, 0.29) is 5.91 Å². The van der Waals surface area contributed by atoms with Gasteiger partial charge < -0.3 is 25.4 Å². The molecule has 3 aromatic rings. The largest absolute Gasteiger partial charge is 0.493 e. The summed E-state index contributed by atoms with van der Waals surface area (Å²) in [6.45, 7) is 4.64. The lowest BCUT2D eigenvalue weighted by atomic mass is 10.1. The summed E-state index contributed by atoms with van der Waals surface area (Å²) >= 11 is 0. The molecule has 0 aliphatic carbocycles. The van der Waals surface area contributed by atoms with E-state index in [9.17, 15) is 4.79 Å². The van der Waals surface area contributed by atoms with E-state index in [0.717, 1.165) is 18.1 Å². The fraction of sp³-hybridized carbons (Fsp3) is 0.227. The molecule has 1 amide bonds. The van der Waals surface area contributed by atoms with Gasteiger partial charge >= 0.3 is 0 Å². The SMILES string of the molecule is CCNc1cc(Nc2ccc(NC(=O)c3cccc(OC)c3OC)cc2)nc(C)n1. The minimum absolute atomic E-state index is 0.284. The van der Waals surface area contributed by atoms with Crippen LogP contribution < -0.4 is 25.4 Å². The molecule has 1 heterocycles. The van der Waals surface area contributed by atoms with Gasteiger partial charge in [0.2, 0.25) is 0 Å². The quantitative estimate of drug-likeness (QED) is 0.514. The predicted octanol–water partition coefficient (Wildman–Crippen LogP) is 4.23. The molecule has 0 saturated carbocycles. The molecule has 1 aromatic heterocycles. The minimum Gasteiger partial charge on any atom is -0.493 e. The maximum Gasteiger partial charge on any atom is 0.259 e. The third kappa shape index (κ3) is 4.96. The fourth-order valence-electron chi connectivity index (χ4n) is 2.95. The minimum atomic E-state index is -0.284. The molecule has 3 rings (SSSR count). The van der Waals surface area contributed by atoms with Crippen LogP contribution in [0.25, 0.3) is 0 Å². The Morgan fingerprint density at radius 1 is 0.967 bits per heavy atom. The molecule has 0 aliphatic rings. The van der Waals surface area contributed by atoms with Gasteiger partial charge in [-0.15, -0.1) is 0 Å². The Hall–Kier alpha value is -3.81. The van der Waals surface area contributed by atoms with Gasteiger partial charge in [0.1, 0.15) is 17.5 Å². The van der Waals surface area contributed by atoms with Crippen LogP contribution in [0.4, 0.5) is 23.0 Å². The lowest BCUT2D eigenvalue weighted by Crippen LogP contribution is -2.13. The number of aromatic nitrogens is 2. The van der Waals surface area contributed by atoms with Crippen molar-refractivity contribution in [3.63, 3.8) is 0 Å². The number of para-hydroxylation sites is 1. The van der Waals surface area contributed by atoms with Crippen LogP contribution in [0.3, 0.4) is 0 Å². The number of nitrogens with zero attached hydrogens (tertiary/aromatic N) is 2. The van der Waals surface area contributed by atoms with Crippen molar-refractivity contribution in [2.75, 3.05) is 36.7 Å². The summed E-state index contributed by atoms with van der Waals surface area (Å²) in [7, 11) is 3.04. The summed E-state index contributed by atoms with van der Waals surface area (Å²) in [6.07, 6.45) is 0. The summed E-state index contributed by atoms with van der Waals surface area (Å²) in [6, 6.07) is 14.4. The van der Waals surface area contributed by atoms with Gasteiger partial charge in [-0.3, -0.25) is 4.79 Å². The van der Waals surface area contributed by atoms with E-state index in [1.807, 2.05) is 44.2 Å². The monoisotopic (exact) mass is 407 g/mol. The van der Waals surface area contributed by atoms with Crippen molar-refractivity contribution >= 4 is 28.9 Å². The number of nitrogens with one attached hydrogen (secondary N) is 3. The molecule has 156 valence electrons. The lowest BCUT2D eigenvalue weighted by molar-refractivity contribution is 0.102. The Labute approximate surface area is 175 Å². The zero-order valence-electron chi connectivity index (χ0n) is 17.4. The van der Waals surface area contributed by atoms with Crippen LogP contribution in [0.5, 0.6) is 11.5 Å². The number of ether oxygens (including phenoxy) is 2. The number of carbonyl (C=O) groups excluding carboxylic acids is 1. The van der Waals surface area contributed by atoms with Crippen molar-refractivity contribution in [3.05, 3.63) is 59.9 Å². The molecular formula is C22H25N5O3. The Morgan fingerprint density at radius 2 is 1.67 bits per heavy atom. The highest BCUT2D eigenvalue weighted by molar-refractivity contribution is 6.06. The number of benzene rings is 2. The smallest absolute Gasteiger partial charge is 0.259 e. The van der Waals surface area contributed by atoms with Gasteiger partial charge in [-0.2, -0.15) is 0 Å². The zero-order valence-corrected chi connectivity index (χ0v) is 17.4. The summed E-state index contributed by atoms with van der Waals surface area (Å²) < 4.78 is 10.6. The highest BCUT2D eigenvalue weighted by Crippen LogP contribution is 2.31. The van der Waals surface area contributed by atoms with Crippen molar-refractivity contribution in [3.8, 4) is 11.5 Å². The maximum atomic E-state index is 12.7. The molecule has 0 unspecified atom stereocenters. The Balaban J connectivity index is 1.72. The molecule has 30 heavy (non-hydrogen) atoms. The fourth-order valence-corrected chi connectivity index (χ4v) is 2.95. The average molecular weight is 407 g/mol. The normalized spacial score (nSPS) is 10.3. The topological polar surface area (TPSA) is 97.4 Å². The molecule has 0 saturated heterocycles. The summed E-state index contributed by atoms with van der Waals surface area (Å²) in [5.41, 5.74) is 1.89. The number of methoxy groups -OCH3 is 2. The second-order valence-corrected chi connectivity index (χ2v) is 6.41. The molecule has 0 bridgehead atoms.